The second-order valence-electron chi connectivity index (χ2n) is 5.79. The van der Waals surface area contributed by atoms with E-state index in [4.69, 9.17) is 5.73 Å². The summed E-state index contributed by atoms with van der Waals surface area (Å²) in [5.74, 6) is 0.781. The van der Waals surface area contributed by atoms with Crippen LogP contribution in [0.4, 0.5) is 0 Å². The van der Waals surface area contributed by atoms with Crippen LogP contribution in [0.15, 0.2) is 0 Å². The summed E-state index contributed by atoms with van der Waals surface area (Å²) in [7, 11) is -3.30. The zero-order chi connectivity index (χ0) is 14.5. The third-order valence-electron chi connectivity index (χ3n) is 3.32. The Morgan fingerprint density at radius 1 is 1.16 bits per heavy atom. The Morgan fingerprint density at radius 2 is 1.74 bits per heavy atom. The fourth-order valence-corrected chi connectivity index (χ4v) is 3.40. The number of nitrogens with two attached hydrogens (primary N) is 1. The Morgan fingerprint density at radius 3 is 2.21 bits per heavy atom. The zero-order valence-electron chi connectivity index (χ0n) is 12.3. The van der Waals surface area contributed by atoms with Gasteiger partial charge in [-0.15, -0.1) is 0 Å². The molecule has 3 N–H and O–H groups in total. The molecule has 0 aliphatic carbocycles. The van der Waals surface area contributed by atoms with Crippen LogP contribution in [0.3, 0.4) is 0 Å². The molecule has 1 fully saturated rings. The summed E-state index contributed by atoms with van der Waals surface area (Å²) in [5.41, 5.74) is 5.61. The Hall–Kier alpha value is -0.210. The highest BCUT2D eigenvalue weighted by Gasteiger charge is 2.26. The predicted octanol–water partition coefficient (Wildman–Crippen LogP) is -0.311. The maximum atomic E-state index is 12.1. The Kier molecular flexibility index (Phi) is 6.68. The molecule has 1 heterocycles. The zero-order valence-corrected chi connectivity index (χ0v) is 13.1. The van der Waals surface area contributed by atoms with Crippen molar-refractivity contribution in [3.05, 3.63) is 0 Å². The van der Waals surface area contributed by atoms with Crippen LogP contribution in [-0.4, -0.2) is 63.4 Å². The van der Waals surface area contributed by atoms with Crippen molar-refractivity contribution in [2.45, 2.75) is 20.8 Å². The highest BCUT2D eigenvalue weighted by Crippen LogP contribution is 2.08. The van der Waals surface area contributed by atoms with Crippen molar-refractivity contribution in [1.82, 2.24) is 13.9 Å². The third kappa shape index (κ3) is 5.74. The average molecular weight is 292 g/mol. The van der Waals surface area contributed by atoms with E-state index >= 15 is 0 Å². The molecule has 0 spiro atoms. The maximum Gasteiger partial charge on any atom is 0.279 e. The van der Waals surface area contributed by atoms with E-state index in [1.165, 1.54) is 0 Å². The van der Waals surface area contributed by atoms with Crippen molar-refractivity contribution in [3.8, 4) is 0 Å². The number of hydrogen-bond donors (Lipinski definition) is 2. The Bertz CT molecular complexity index is 351. The normalized spacial score (nSPS) is 20.9. The number of nitrogens with one attached hydrogen (secondary N) is 1. The fraction of sp³-hybridized carbons (Fsp3) is 1.00. The summed E-state index contributed by atoms with van der Waals surface area (Å²) >= 11 is 0. The van der Waals surface area contributed by atoms with E-state index in [2.05, 4.69) is 16.5 Å². The lowest BCUT2D eigenvalue weighted by molar-refractivity contribution is 0.169. The van der Waals surface area contributed by atoms with E-state index < -0.39 is 10.2 Å². The minimum Gasteiger partial charge on any atom is -0.330 e. The molecule has 7 heteroatoms. The van der Waals surface area contributed by atoms with E-state index in [1.807, 2.05) is 13.8 Å². The molecule has 0 radical (unpaired) electrons. The first-order valence-corrected chi connectivity index (χ1v) is 8.46. The van der Waals surface area contributed by atoms with Gasteiger partial charge in [-0.1, -0.05) is 20.8 Å². The third-order valence-corrected chi connectivity index (χ3v) is 4.89. The molecule has 0 saturated carbocycles. The molecule has 0 aromatic heterocycles. The summed E-state index contributed by atoms with van der Waals surface area (Å²) in [6.07, 6.45) is 0. The predicted molar refractivity (Wildman–Crippen MR) is 78.0 cm³/mol. The molecule has 0 bridgehead atoms. The molecule has 114 valence electrons. The molecule has 0 amide bonds. The Labute approximate surface area is 117 Å². The SMILES string of the molecule is CC(C)CNS(=O)(=O)N1CCN(CC(C)CN)CC1. The second-order valence-corrected chi connectivity index (χ2v) is 7.54. The van der Waals surface area contributed by atoms with Gasteiger partial charge in [0, 0.05) is 39.3 Å². The van der Waals surface area contributed by atoms with E-state index in [1.54, 1.807) is 4.31 Å². The first kappa shape index (κ1) is 16.8. The van der Waals surface area contributed by atoms with Crippen molar-refractivity contribution >= 4 is 10.2 Å². The maximum absolute atomic E-state index is 12.1. The molecular formula is C12H28N4O2S. The molecule has 1 atom stereocenters. The molecule has 1 rings (SSSR count). The lowest BCUT2D eigenvalue weighted by Gasteiger charge is -2.35. The molecule has 6 nitrogen and oxygen atoms in total. The van der Waals surface area contributed by atoms with Gasteiger partial charge in [-0.05, 0) is 18.4 Å². The summed E-state index contributed by atoms with van der Waals surface area (Å²) in [6, 6.07) is 0. The molecule has 19 heavy (non-hydrogen) atoms. The molecule has 1 aliphatic rings. The average Bonchev–Trinajstić information content (AvgIpc) is 2.37. The van der Waals surface area contributed by atoms with Crippen molar-refractivity contribution < 1.29 is 8.42 Å². The number of nitrogens with zero attached hydrogens (tertiary/aromatic N) is 2. The van der Waals surface area contributed by atoms with Gasteiger partial charge in [0.25, 0.3) is 10.2 Å². The van der Waals surface area contributed by atoms with Gasteiger partial charge >= 0.3 is 0 Å². The van der Waals surface area contributed by atoms with Crippen molar-refractivity contribution in [2.75, 3.05) is 45.8 Å². The Balaban J connectivity index is 2.40. The second kappa shape index (κ2) is 7.54. The van der Waals surface area contributed by atoms with E-state index in [-0.39, 0.29) is 0 Å². The lowest BCUT2D eigenvalue weighted by Crippen LogP contribution is -2.53. The van der Waals surface area contributed by atoms with Crippen LogP contribution in [0.1, 0.15) is 20.8 Å². The molecule has 1 aliphatic heterocycles. The van der Waals surface area contributed by atoms with Gasteiger partial charge in [-0.25, -0.2) is 4.72 Å². The van der Waals surface area contributed by atoms with E-state index in [0.29, 0.717) is 38.0 Å². The summed E-state index contributed by atoms with van der Waals surface area (Å²) < 4.78 is 28.3. The van der Waals surface area contributed by atoms with Crippen LogP contribution in [0.5, 0.6) is 0 Å². The van der Waals surface area contributed by atoms with Gasteiger partial charge < -0.3 is 10.6 Å². The summed E-state index contributed by atoms with van der Waals surface area (Å²) in [6.45, 7) is 10.9. The van der Waals surface area contributed by atoms with Crippen molar-refractivity contribution in [2.24, 2.45) is 17.6 Å². The molecular weight excluding hydrogens is 264 g/mol. The lowest BCUT2D eigenvalue weighted by atomic mass is 10.1. The first-order chi connectivity index (χ1) is 8.85. The van der Waals surface area contributed by atoms with Gasteiger partial charge in [-0.2, -0.15) is 12.7 Å². The van der Waals surface area contributed by atoms with Gasteiger partial charge in [0.1, 0.15) is 0 Å². The fourth-order valence-electron chi connectivity index (χ4n) is 2.03. The van der Waals surface area contributed by atoms with Gasteiger partial charge in [0.2, 0.25) is 0 Å². The molecule has 1 saturated heterocycles. The quantitative estimate of drug-likeness (QED) is 0.675. The largest absolute Gasteiger partial charge is 0.330 e. The summed E-state index contributed by atoms with van der Waals surface area (Å²) in [4.78, 5) is 2.28. The minimum atomic E-state index is -3.30. The number of piperazine rings is 1. The van der Waals surface area contributed by atoms with Crippen molar-refractivity contribution in [1.29, 1.82) is 0 Å². The van der Waals surface area contributed by atoms with Gasteiger partial charge in [0.15, 0.2) is 0 Å². The van der Waals surface area contributed by atoms with Crippen LogP contribution in [0.25, 0.3) is 0 Å². The number of hydrogen-bond acceptors (Lipinski definition) is 4. The van der Waals surface area contributed by atoms with E-state index in [0.717, 1.165) is 19.6 Å². The minimum absolute atomic E-state index is 0.321. The smallest absolute Gasteiger partial charge is 0.279 e. The van der Waals surface area contributed by atoms with Crippen LogP contribution in [0.2, 0.25) is 0 Å². The van der Waals surface area contributed by atoms with Crippen molar-refractivity contribution in [3.63, 3.8) is 0 Å². The standard InChI is InChI=1S/C12H28N4O2S/c1-11(2)9-14-19(17,18)16-6-4-15(5-7-16)10-12(3)8-13/h11-12,14H,4-10,13H2,1-3H3. The highest BCUT2D eigenvalue weighted by molar-refractivity contribution is 7.87. The van der Waals surface area contributed by atoms with Crippen LogP contribution in [0, 0.1) is 11.8 Å². The topological polar surface area (TPSA) is 78.7 Å². The molecule has 1 unspecified atom stereocenters. The first-order valence-electron chi connectivity index (χ1n) is 7.02. The van der Waals surface area contributed by atoms with E-state index in [9.17, 15) is 8.42 Å². The van der Waals surface area contributed by atoms with Gasteiger partial charge in [-0.3, -0.25) is 0 Å². The molecule has 0 aromatic rings. The van der Waals surface area contributed by atoms with Crippen LogP contribution in [-0.2, 0) is 10.2 Å². The highest BCUT2D eigenvalue weighted by atomic mass is 32.2. The number of rotatable bonds is 7. The van der Waals surface area contributed by atoms with Crippen LogP contribution < -0.4 is 10.5 Å². The monoisotopic (exact) mass is 292 g/mol. The van der Waals surface area contributed by atoms with Gasteiger partial charge in [0.05, 0.1) is 0 Å². The molecule has 0 aromatic carbocycles. The summed E-state index contributed by atoms with van der Waals surface area (Å²) in [5, 5.41) is 0. The van der Waals surface area contributed by atoms with Crippen LogP contribution >= 0.6 is 0 Å².